The van der Waals surface area contributed by atoms with E-state index in [0.29, 0.717) is 30.4 Å². The summed E-state index contributed by atoms with van der Waals surface area (Å²) in [6.45, 7) is 15.2. The molecule has 2 aliphatic rings. The Morgan fingerprint density at radius 1 is 1.08 bits per heavy atom. The fourth-order valence-electron chi connectivity index (χ4n) is 5.40. The van der Waals surface area contributed by atoms with Crippen molar-refractivity contribution in [1.82, 2.24) is 24.5 Å². The van der Waals surface area contributed by atoms with E-state index >= 15 is 0 Å². The lowest BCUT2D eigenvalue weighted by Crippen LogP contribution is -2.51. The zero-order chi connectivity index (χ0) is 26.5. The molecule has 1 aromatic heterocycles. The maximum absolute atomic E-state index is 12.5. The van der Waals surface area contributed by atoms with Crippen LogP contribution >= 0.6 is 0 Å². The average Bonchev–Trinajstić information content (AvgIpc) is 3.18. The van der Waals surface area contributed by atoms with Gasteiger partial charge in [-0.2, -0.15) is 5.10 Å². The minimum atomic E-state index is -0.419. The molecule has 0 spiro atoms. The number of rotatable bonds is 8. The maximum atomic E-state index is 12.5. The van der Waals surface area contributed by atoms with E-state index in [0.717, 1.165) is 44.3 Å². The van der Waals surface area contributed by atoms with Gasteiger partial charge in [-0.3, -0.25) is 19.2 Å². The third-order valence-electron chi connectivity index (χ3n) is 7.55. The Morgan fingerprint density at radius 2 is 1.72 bits per heavy atom. The van der Waals surface area contributed by atoms with Crippen molar-refractivity contribution >= 4 is 23.2 Å². The van der Waals surface area contributed by atoms with Crippen molar-refractivity contribution in [2.24, 2.45) is 18.0 Å². The Labute approximate surface area is 216 Å². The van der Waals surface area contributed by atoms with Crippen LogP contribution in [-0.2, 0) is 17.3 Å². The molecule has 0 radical (unpaired) electrons. The molecule has 9 heteroatoms. The van der Waals surface area contributed by atoms with Crippen molar-refractivity contribution < 1.29 is 14.7 Å². The summed E-state index contributed by atoms with van der Waals surface area (Å²) in [5.74, 6) is 1.37. The molecular weight excluding hydrogens is 456 g/mol. The highest BCUT2D eigenvalue weighted by molar-refractivity contribution is 5.99. The second-order valence-electron chi connectivity index (χ2n) is 11.5. The summed E-state index contributed by atoms with van der Waals surface area (Å²) in [6.07, 6.45) is 6.42. The van der Waals surface area contributed by atoms with Gasteiger partial charge in [-0.25, -0.2) is 4.99 Å². The van der Waals surface area contributed by atoms with Gasteiger partial charge in [0.15, 0.2) is 5.78 Å². The van der Waals surface area contributed by atoms with E-state index in [9.17, 15) is 9.59 Å². The van der Waals surface area contributed by atoms with E-state index in [-0.39, 0.29) is 17.1 Å². The van der Waals surface area contributed by atoms with Crippen LogP contribution in [0.5, 0.6) is 0 Å². The van der Waals surface area contributed by atoms with Gasteiger partial charge in [0.25, 0.3) is 0 Å². The lowest BCUT2D eigenvalue weighted by atomic mass is 9.89. The second kappa shape index (κ2) is 12.3. The van der Waals surface area contributed by atoms with Gasteiger partial charge in [-0.15, -0.1) is 0 Å². The highest BCUT2D eigenvalue weighted by Crippen LogP contribution is 2.34. The first-order valence-corrected chi connectivity index (χ1v) is 13.5. The summed E-state index contributed by atoms with van der Waals surface area (Å²) in [6, 6.07) is 0. The van der Waals surface area contributed by atoms with Crippen LogP contribution in [0.3, 0.4) is 0 Å². The molecule has 0 bridgehead atoms. The van der Waals surface area contributed by atoms with Gasteiger partial charge in [0.1, 0.15) is 23.8 Å². The van der Waals surface area contributed by atoms with Crippen LogP contribution in [0.4, 0.5) is 5.69 Å². The molecule has 1 aliphatic carbocycles. The third kappa shape index (κ3) is 7.16. The highest BCUT2D eigenvalue weighted by Gasteiger charge is 2.29. The molecule has 202 valence electrons. The molecular formula is C27H46N6O3. The molecule has 1 aromatic rings. The van der Waals surface area contributed by atoms with Crippen molar-refractivity contribution in [3.05, 3.63) is 11.4 Å². The molecule has 3 rings (SSSR count). The topological polar surface area (TPSA) is 94.3 Å². The number of piperazine rings is 1. The minimum absolute atomic E-state index is 0.0267. The van der Waals surface area contributed by atoms with Crippen LogP contribution < -0.4 is 0 Å². The molecule has 9 nitrogen and oxygen atoms in total. The second-order valence-corrected chi connectivity index (χ2v) is 11.5. The molecule has 0 atom stereocenters. The number of Topliss-reactive ketones (excluding diaryl/α,β-unsaturated/α-hetero) is 1. The van der Waals surface area contributed by atoms with Crippen molar-refractivity contribution in [1.29, 1.82) is 0 Å². The zero-order valence-electron chi connectivity index (χ0n) is 23.2. The molecule has 2 fully saturated rings. The molecule has 1 saturated carbocycles. The number of hydrogen-bond acceptors (Lipinski definition) is 6. The van der Waals surface area contributed by atoms with Gasteiger partial charge in [0.05, 0.1) is 5.69 Å². The van der Waals surface area contributed by atoms with E-state index in [1.54, 1.807) is 16.5 Å². The van der Waals surface area contributed by atoms with Gasteiger partial charge in [-0.1, -0.05) is 40.0 Å². The van der Waals surface area contributed by atoms with Gasteiger partial charge in [-0.05, 0) is 25.7 Å². The van der Waals surface area contributed by atoms with Gasteiger partial charge < -0.3 is 14.9 Å². The predicted octanol–water partition coefficient (Wildman–Crippen LogP) is 2.99. The van der Waals surface area contributed by atoms with Crippen LogP contribution in [-0.4, -0.2) is 99.5 Å². The number of amidine groups is 1. The summed E-state index contributed by atoms with van der Waals surface area (Å²) in [4.78, 5) is 35.9. The predicted molar refractivity (Wildman–Crippen MR) is 143 cm³/mol. The van der Waals surface area contributed by atoms with Crippen molar-refractivity contribution in [3.8, 4) is 0 Å². The Kier molecular flexibility index (Phi) is 9.69. The highest BCUT2D eigenvalue weighted by atomic mass is 16.3. The number of hydrogen-bond donors (Lipinski definition) is 1. The largest absolute Gasteiger partial charge is 0.387 e. The monoisotopic (exact) mass is 502 g/mol. The van der Waals surface area contributed by atoms with E-state index < -0.39 is 6.61 Å². The van der Waals surface area contributed by atoms with Crippen LogP contribution in [0.25, 0.3) is 0 Å². The first-order valence-electron chi connectivity index (χ1n) is 13.5. The summed E-state index contributed by atoms with van der Waals surface area (Å²) >= 11 is 0. The number of carbonyl (C=O) groups excluding carboxylic acids is 2. The van der Waals surface area contributed by atoms with Crippen LogP contribution in [0.1, 0.15) is 82.9 Å². The standard InChI is InChI=1S/C27H46N6O3/c1-20(35)25-24(26(27(3,4)5)29-30(25)6)28-21(2)33(18-22-10-8-7-9-11-22)17-14-31-12-15-32(16-13-31)23(36)19-34/h22,34H,7-19H2,1-6H3. The fraction of sp³-hybridized carbons (Fsp3) is 0.778. The first kappa shape index (κ1) is 28.3. The van der Waals surface area contributed by atoms with Gasteiger partial charge in [0.2, 0.25) is 5.91 Å². The van der Waals surface area contributed by atoms with Crippen LogP contribution in [0.2, 0.25) is 0 Å². The lowest BCUT2D eigenvalue weighted by molar-refractivity contribution is -0.135. The Morgan fingerprint density at radius 3 is 2.28 bits per heavy atom. The molecule has 36 heavy (non-hydrogen) atoms. The number of ketones is 1. The SMILES string of the molecule is CC(=O)c1c(N=C(C)N(CCN2CCN(C(=O)CO)CC2)CC2CCCCC2)c(C(C)(C)C)nn1C. The fourth-order valence-corrected chi connectivity index (χ4v) is 5.40. The Bertz CT molecular complexity index is 934. The minimum Gasteiger partial charge on any atom is -0.387 e. The number of aliphatic hydroxyl groups excluding tert-OH is 1. The summed E-state index contributed by atoms with van der Waals surface area (Å²) in [5.41, 5.74) is 1.86. The third-order valence-corrected chi connectivity index (χ3v) is 7.55. The summed E-state index contributed by atoms with van der Waals surface area (Å²) in [7, 11) is 1.82. The van der Waals surface area contributed by atoms with E-state index in [2.05, 4.69) is 37.5 Å². The molecule has 2 heterocycles. The van der Waals surface area contributed by atoms with Gasteiger partial charge >= 0.3 is 0 Å². The van der Waals surface area contributed by atoms with E-state index in [4.69, 9.17) is 15.2 Å². The smallest absolute Gasteiger partial charge is 0.248 e. The van der Waals surface area contributed by atoms with E-state index in [1.807, 2.05) is 7.05 Å². The van der Waals surface area contributed by atoms with Crippen molar-refractivity contribution in [2.75, 3.05) is 52.4 Å². The number of aromatic nitrogens is 2. The molecule has 1 aliphatic heterocycles. The quantitative estimate of drug-likeness (QED) is 0.334. The van der Waals surface area contributed by atoms with Gasteiger partial charge in [0, 0.05) is 65.2 Å². The summed E-state index contributed by atoms with van der Waals surface area (Å²) < 4.78 is 1.67. The van der Waals surface area contributed by atoms with E-state index in [1.165, 1.54) is 32.1 Å². The first-order chi connectivity index (χ1) is 17.0. The number of amides is 1. The van der Waals surface area contributed by atoms with Crippen molar-refractivity contribution in [3.63, 3.8) is 0 Å². The number of aliphatic imine (C=N–C) groups is 1. The number of nitrogens with zero attached hydrogens (tertiary/aromatic N) is 6. The molecule has 1 saturated heterocycles. The number of aliphatic hydroxyl groups is 1. The number of carbonyl (C=O) groups is 2. The average molecular weight is 503 g/mol. The molecule has 0 aromatic carbocycles. The Balaban J connectivity index is 1.81. The normalized spacial score (nSPS) is 18.5. The zero-order valence-corrected chi connectivity index (χ0v) is 23.2. The molecule has 1 N–H and O–H groups in total. The summed E-state index contributed by atoms with van der Waals surface area (Å²) in [5, 5.41) is 13.8. The van der Waals surface area contributed by atoms with Crippen LogP contribution in [0.15, 0.2) is 4.99 Å². The number of aryl methyl sites for hydroxylation is 1. The molecule has 1 amide bonds. The molecule has 0 unspecified atom stereocenters. The Hall–Kier alpha value is -2.26. The van der Waals surface area contributed by atoms with Crippen molar-refractivity contribution in [2.45, 2.75) is 72.1 Å². The lowest BCUT2D eigenvalue weighted by Gasteiger charge is -2.37. The van der Waals surface area contributed by atoms with Crippen LogP contribution in [0, 0.1) is 5.92 Å². The maximum Gasteiger partial charge on any atom is 0.248 e.